The zero-order valence-electron chi connectivity index (χ0n) is 9.10. The Balaban J connectivity index is 2.35. The number of nitrogens with two attached hydrogens (primary N) is 2. The first-order valence-corrected chi connectivity index (χ1v) is 5.53. The molecule has 7 heteroatoms. The summed E-state index contributed by atoms with van der Waals surface area (Å²) < 4.78 is 5.22. The maximum atomic E-state index is 11.3. The highest BCUT2D eigenvalue weighted by Gasteiger charge is 2.29. The maximum Gasteiger partial charge on any atom is 0.242 e. The minimum atomic E-state index is -0.558. The van der Waals surface area contributed by atoms with E-state index in [0.717, 1.165) is 0 Å². The fourth-order valence-electron chi connectivity index (χ4n) is 1.76. The summed E-state index contributed by atoms with van der Waals surface area (Å²) in [6.07, 6.45) is 0. The summed E-state index contributed by atoms with van der Waals surface area (Å²) in [4.78, 5) is 17.2. The van der Waals surface area contributed by atoms with Crippen molar-refractivity contribution in [3.63, 3.8) is 0 Å². The largest absolute Gasteiger partial charge is 0.396 e. The van der Waals surface area contributed by atoms with E-state index in [1.807, 2.05) is 0 Å². The molecule has 0 saturated carbocycles. The standard InChI is InChI=1S/C10H13ClN4O2/c11-8-2-1-6(12)10(14-8)15-3-4-17-5-7(15)9(13)16/h1-2,7H,3-5,12H2,(H2,13,16). The van der Waals surface area contributed by atoms with E-state index in [1.54, 1.807) is 17.0 Å². The molecule has 0 aromatic carbocycles. The van der Waals surface area contributed by atoms with Gasteiger partial charge in [0.05, 0.1) is 18.9 Å². The number of nitrogen functional groups attached to an aromatic ring is 1. The van der Waals surface area contributed by atoms with E-state index in [4.69, 9.17) is 27.8 Å². The van der Waals surface area contributed by atoms with Gasteiger partial charge in [-0.2, -0.15) is 0 Å². The average Bonchev–Trinajstić information content (AvgIpc) is 2.32. The number of halogens is 1. The summed E-state index contributed by atoms with van der Waals surface area (Å²) in [5, 5.41) is 0.323. The molecular formula is C10H13ClN4O2. The number of anilines is 2. The molecule has 0 spiro atoms. The predicted molar refractivity (Wildman–Crippen MR) is 64.8 cm³/mol. The number of pyridine rings is 1. The first kappa shape index (κ1) is 11.9. The van der Waals surface area contributed by atoms with Crippen LogP contribution in [0.4, 0.5) is 11.5 Å². The third-order valence-electron chi connectivity index (χ3n) is 2.60. The van der Waals surface area contributed by atoms with Crippen LogP contribution in [0, 0.1) is 0 Å². The number of morpholine rings is 1. The fourth-order valence-corrected chi connectivity index (χ4v) is 1.90. The molecule has 1 aliphatic rings. The van der Waals surface area contributed by atoms with Gasteiger partial charge in [-0.15, -0.1) is 0 Å². The first-order chi connectivity index (χ1) is 8.09. The molecule has 0 aliphatic carbocycles. The van der Waals surface area contributed by atoms with Crippen molar-refractivity contribution >= 4 is 29.0 Å². The van der Waals surface area contributed by atoms with E-state index < -0.39 is 11.9 Å². The molecule has 1 aromatic rings. The SMILES string of the molecule is NC(=O)C1COCCN1c1nc(Cl)ccc1N. The predicted octanol–water partition coefficient (Wildman–Crippen LogP) is 0.00770. The lowest BCUT2D eigenvalue weighted by molar-refractivity contribution is -0.121. The normalized spacial score (nSPS) is 20.3. The number of carbonyl (C=O) groups excluding carboxylic acids is 1. The van der Waals surface area contributed by atoms with Crippen molar-refractivity contribution < 1.29 is 9.53 Å². The van der Waals surface area contributed by atoms with Gasteiger partial charge in [-0.3, -0.25) is 4.79 Å². The Labute approximate surface area is 103 Å². The van der Waals surface area contributed by atoms with Gasteiger partial charge < -0.3 is 21.1 Å². The minimum absolute atomic E-state index is 0.239. The molecule has 1 unspecified atom stereocenters. The molecule has 4 N–H and O–H groups in total. The second kappa shape index (κ2) is 4.77. The number of ether oxygens (including phenoxy) is 1. The lowest BCUT2D eigenvalue weighted by atomic mass is 10.2. The van der Waals surface area contributed by atoms with Crippen LogP contribution in [0.15, 0.2) is 12.1 Å². The van der Waals surface area contributed by atoms with Crippen molar-refractivity contribution in [3.05, 3.63) is 17.3 Å². The number of amides is 1. The van der Waals surface area contributed by atoms with Crippen molar-refractivity contribution in [2.45, 2.75) is 6.04 Å². The Hall–Kier alpha value is -1.53. The Morgan fingerprint density at radius 1 is 1.59 bits per heavy atom. The molecule has 1 aromatic heterocycles. The molecule has 92 valence electrons. The van der Waals surface area contributed by atoms with E-state index in [1.165, 1.54) is 0 Å². The summed E-state index contributed by atoms with van der Waals surface area (Å²) in [5.74, 6) is 0.00970. The first-order valence-electron chi connectivity index (χ1n) is 5.15. The fraction of sp³-hybridized carbons (Fsp3) is 0.400. The number of aromatic nitrogens is 1. The van der Waals surface area contributed by atoms with Gasteiger partial charge in [-0.25, -0.2) is 4.98 Å². The van der Waals surface area contributed by atoms with Crippen molar-refractivity contribution in [2.75, 3.05) is 30.4 Å². The van der Waals surface area contributed by atoms with E-state index in [0.29, 0.717) is 29.8 Å². The molecule has 2 heterocycles. The zero-order valence-corrected chi connectivity index (χ0v) is 9.85. The van der Waals surface area contributed by atoms with Gasteiger partial charge in [0.25, 0.3) is 0 Å². The Kier molecular flexibility index (Phi) is 3.35. The highest BCUT2D eigenvalue weighted by molar-refractivity contribution is 6.29. The average molecular weight is 257 g/mol. The van der Waals surface area contributed by atoms with Crippen LogP contribution in [0.5, 0.6) is 0 Å². The van der Waals surface area contributed by atoms with Crippen molar-refractivity contribution in [1.29, 1.82) is 0 Å². The Bertz CT molecular complexity index is 440. The van der Waals surface area contributed by atoms with Gasteiger partial charge in [-0.05, 0) is 12.1 Å². The number of carbonyl (C=O) groups is 1. The number of rotatable bonds is 2. The Morgan fingerprint density at radius 2 is 2.35 bits per heavy atom. The second-order valence-electron chi connectivity index (χ2n) is 3.73. The smallest absolute Gasteiger partial charge is 0.242 e. The topological polar surface area (TPSA) is 94.5 Å². The van der Waals surface area contributed by atoms with Crippen LogP contribution >= 0.6 is 11.6 Å². The number of nitrogens with zero attached hydrogens (tertiary/aromatic N) is 2. The summed E-state index contributed by atoms with van der Waals surface area (Å²) in [6.45, 7) is 1.24. The minimum Gasteiger partial charge on any atom is -0.396 e. The number of primary amides is 1. The maximum absolute atomic E-state index is 11.3. The molecule has 1 aliphatic heterocycles. The molecule has 1 fully saturated rings. The van der Waals surface area contributed by atoms with Crippen LogP contribution in [-0.2, 0) is 9.53 Å². The lowest BCUT2D eigenvalue weighted by Gasteiger charge is -2.35. The summed E-state index contributed by atoms with van der Waals surface area (Å²) in [6, 6.07) is 2.69. The third-order valence-corrected chi connectivity index (χ3v) is 2.81. The quantitative estimate of drug-likeness (QED) is 0.727. The van der Waals surface area contributed by atoms with Crippen molar-refractivity contribution in [1.82, 2.24) is 4.98 Å². The van der Waals surface area contributed by atoms with E-state index in [9.17, 15) is 4.79 Å². The highest BCUT2D eigenvalue weighted by atomic mass is 35.5. The van der Waals surface area contributed by atoms with Crippen LogP contribution in [0.2, 0.25) is 5.15 Å². The van der Waals surface area contributed by atoms with Gasteiger partial charge in [-0.1, -0.05) is 11.6 Å². The third kappa shape index (κ3) is 2.42. The summed E-state index contributed by atoms with van der Waals surface area (Å²) in [7, 11) is 0. The van der Waals surface area contributed by atoms with Crippen LogP contribution < -0.4 is 16.4 Å². The van der Waals surface area contributed by atoms with E-state index >= 15 is 0 Å². The van der Waals surface area contributed by atoms with E-state index in [2.05, 4.69) is 4.98 Å². The molecule has 17 heavy (non-hydrogen) atoms. The number of hydrogen-bond acceptors (Lipinski definition) is 5. The summed E-state index contributed by atoms with van der Waals surface area (Å²) >= 11 is 5.82. The molecule has 1 atom stereocenters. The molecule has 1 amide bonds. The molecule has 6 nitrogen and oxygen atoms in total. The highest BCUT2D eigenvalue weighted by Crippen LogP contribution is 2.25. The summed E-state index contributed by atoms with van der Waals surface area (Å²) in [5.41, 5.74) is 11.6. The number of hydrogen-bond donors (Lipinski definition) is 2. The van der Waals surface area contributed by atoms with Gasteiger partial charge in [0.2, 0.25) is 5.91 Å². The zero-order chi connectivity index (χ0) is 12.4. The van der Waals surface area contributed by atoms with Crippen molar-refractivity contribution in [3.8, 4) is 0 Å². The van der Waals surface area contributed by atoms with Gasteiger partial charge in [0, 0.05) is 6.54 Å². The van der Waals surface area contributed by atoms with E-state index in [-0.39, 0.29) is 6.61 Å². The van der Waals surface area contributed by atoms with Crippen molar-refractivity contribution in [2.24, 2.45) is 5.73 Å². The molecule has 2 rings (SSSR count). The van der Waals surface area contributed by atoms with Gasteiger partial charge in [0.15, 0.2) is 5.82 Å². The molecular weight excluding hydrogens is 244 g/mol. The van der Waals surface area contributed by atoms with Crippen LogP contribution in [0.3, 0.4) is 0 Å². The Morgan fingerprint density at radius 3 is 3.06 bits per heavy atom. The molecule has 1 saturated heterocycles. The van der Waals surface area contributed by atoms with Gasteiger partial charge in [0.1, 0.15) is 11.2 Å². The van der Waals surface area contributed by atoms with Crippen LogP contribution in [-0.4, -0.2) is 36.7 Å². The van der Waals surface area contributed by atoms with Crippen LogP contribution in [0.25, 0.3) is 0 Å². The molecule has 0 bridgehead atoms. The molecule has 0 radical (unpaired) electrons. The second-order valence-corrected chi connectivity index (χ2v) is 4.12. The lowest BCUT2D eigenvalue weighted by Crippen LogP contribution is -2.53. The van der Waals surface area contributed by atoms with Crippen LogP contribution in [0.1, 0.15) is 0 Å². The van der Waals surface area contributed by atoms with Gasteiger partial charge >= 0.3 is 0 Å². The monoisotopic (exact) mass is 256 g/mol.